The van der Waals surface area contributed by atoms with Crippen LogP contribution in [0.4, 0.5) is 4.39 Å². The van der Waals surface area contributed by atoms with Crippen molar-refractivity contribution in [2.45, 2.75) is 19.3 Å². The fourth-order valence-corrected chi connectivity index (χ4v) is 4.56. The van der Waals surface area contributed by atoms with Crippen molar-refractivity contribution in [3.63, 3.8) is 0 Å². The van der Waals surface area contributed by atoms with Gasteiger partial charge in [-0.3, -0.25) is 9.59 Å². The minimum atomic E-state index is -0.672. The molecule has 0 spiro atoms. The molecule has 0 aliphatic heterocycles. The van der Waals surface area contributed by atoms with Crippen LogP contribution in [0, 0.1) is 12.7 Å². The summed E-state index contributed by atoms with van der Waals surface area (Å²) in [4.78, 5) is 38.1. The van der Waals surface area contributed by atoms with Crippen molar-refractivity contribution < 1.29 is 23.5 Å². The van der Waals surface area contributed by atoms with Crippen molar-refractivity contribution >= 4 is 23.4 Å². The molecule has 3 aromatic carbocycles. The highest BCUT2D eigenvalue weighted by molar-refractivity contribution is 6.30. The van der Waals surface area contributed by atoms with E-state index in [4.69, 9.17) is 21.1 Å². The van der Waals surface area contributed by atoms with E-state index < -0.39 is 17.7 Å². The molecule has 0 aliphatic rings. The maximum atomic E-state index is 14.6. The number of carbonyl (C=O) groups excluding carboxylic acids is 2. The summed E-state index contributed by atoms with van der Waals surface area (Å²) in [6.45, 7) is 1.87. The summed E-state index contributed by atoms with van der Waals surface area (Å²) < 4.78 is 26.9. The Morgan fingerprint density at radius 3 is 2.45 bits per heavy atom. The van der Waals surface area contributed by atoms with Crippen LogP contribution >= 0.6 is 11.6 Å². The van der Waals surface area contributed by atoms with Gasteiger partial charge in [-0.2, -0.15) is 0 Å². The predicted molar refractivity (Wildman–Crippen MR) is 143 cm³/mol. The van der Waals surface area contributed by atoms with E-state index in [1.807, 2.05) is 13.0 Å². The molecule has 1 atom stereocenters. The number of esters is 1. The number of hydrogen-bond acceptors (Lipinski definition) is 5. The Morgan fingerprint density at radius 1 is 1.00 bits per heavy atom. The number of Topliss-reactive ketones (excluding diaryl/α,β-unsaturated/α-hetero) is 1. The number of nitrogens with zero attached hydrogens (tertiary/aromatic N) is 1. The molecule has 4 rings (SSSR count). The predicted octanol–water partition coefficient (Wildman–Crippen LogP) is 6.47. The molecule has 1 heterocycles. The molecular weight excluding hydrogens is 509 g/mol. The van der Waals surface area contributed by atoms with Crippen molar-refractivity contribution in [1.29, 1.82) is 0 Å². The van der Waals surface area contributed by atoms with Crippen LogP contribution in [0.25, 0.3) is 0 Å². The van der Waals surface area contributed by atoms with Gasteiger partial charge in [-0.05, 0) is 54.4 Å². The van der Waals surface area contributed by atoms with E-state index in [2.05, 4.69) is 0 Å². The van der Waals surface area contributed by atoms with Crippen molar-refractivity contribution in [3.8, 4) is 11.5 Å². The summed E-state index contributed by atoms with van der Waals surface area (Å²) in [5, 5.41) is 0.528. The highest BCUT2D eigenvalue weighted by Crippen LogP contribution is 2.41. The lowest BCUT2D eigenvalue weighted by molar-refractivity contribution is 0.0597. The van der Waals surface area contributed by atoms with E-state index in [1.54, 1.807) is 37.4 Å². The average molecular weight is 534 g/mol. The Morgan fingerprint density at radius 2 is 1.76 bits per heavy atom. The largest absolute Gasteiger partial charge is 0.465 e. The molecule has 0 amide bonds. The van der Waals surface area contributed by atoms with Crippen LogP contribution in [0.3, 0.4) is 0 Å². The number of aromatic nitrogens is 1. The van der Waals surface area contributed by atoms with Gasteiger partial charge in [0.15, 0.2) is 17.3 Å². The number of ether oxygens (including phenoxy) is 2. The number of pyridine rings is 1. The minimum absolute atomic E-state index is 0.0288. The maximum absolute atomic E-state index is 14.6. The van der Waals surface area contributed by atoms with Gasteiger partial charge < -0.3 is 14.0 Å². The van der Waals surface area contributed by atoms with Crippen LogP contribution < -0.4 is 10.3 Å². The Kier molecular flexibility index (Phi) is 8.08. The summed E-state index contributed by atoms with van der Waals surface area (Å²) in [5.74, 6) is -2.13. The Bertz CT molecular complexity index is 1580. The number of rotatable bonds is 8. The van der Waals surface area contributed by atoms with Crippen molar-refractivity contribution in [2.24, 2.45) is 7.05 Å². The summed E-state index contributed by atoms with van der Waals surface area (Å²) in [7, 11) is 2.81. The normalized spacial score (nSPS) is 11.6. The lowest BCUT2D eigenvalue weighted by Gasteiger charge is -2.24. The van der Waals surface area contributed by atoms with E-state index in [9.17, 15) is 18.8 Å². The Hall–Kier alpha value is -4.23. The van der Waals surface area contributed by atoms with Gasteiger partial charge in [0, 0.05) is 47.8 Å². The molecule has 0 saturated heterocycles. The van der Waals surface area contributed by atoms with Crippen LogP contribution in [0.2, 0.25) is 5.02 Å². The van der Waals surface area contributed by atoms with Gasteiger partial charge in [0.2, 0.25) is 5.56 Å². The Labute approximate surface area is 224 Å². The molecule has 1 unspecified atom stereocenters. The molecule has 0 fully saturated rings. The van der Waals surface area contributed by atoms with Gasteiger partial charge in [0.1, 0.15) is 11.3 Å². The molecule has 194 valence electrons. The van der Waals surface area contributed by atoms with Crippen molar-refractivity contribution in [1.82, 2.24) is 4.57 Å². The summed E-state index contributed by atoms with van der Waals surface area (Å²) >= 11 is 6.22. The molecule has 0 radical (unpaired) electrons. The third kappa shape index (κ3) is 5.68. The molecule has 4 aromatic rings. The SMILES string of the molecule is COC(=O)c1cccc(C(CC(=O)c2ccc(=O)n(C)c2)c2ccc(Cl)cc2C)c1Oc1ccccc1F. The minimum Gasteiger partial charge on any atom is -0.465 e. The molecule has 0 bridgehead atoms. The molecule has 1 aromatic heterocycles. The summed E-state index contributed by atoms with van der Waals surface area (Å²) in [5.41, 5.74) is 2.27. The van der Waals surface area contributed by atoms with Gasteiger partial charge in [-0.1, -0.05) is 41.9 Å². The second kappa shape index (κ2) is 11.4. The fraction of sp³-hybridized carbons (Fsp3) is 0.167. The van der Waals surface area contributed by atoms with Crippen LogP contribution in [0.1, 0.15) is 49.7 Å². The lowest BCUT2D eigenvalue weighted by Crippen LogP contribution is -2.18. The number of para-hydroxylation sites is 2. The van der Waals surface area contributed by atoms with E-state index in [-0.39, 0.29) is 34.8 Å². The van der Waals surface area contributed by atoms with Gasteiger partial charge in [0.05, 0.1) is 7.11 Å². The first-order valence-corrected chi connectivity index (χ1v) is 12.2. The van der Waals surface area contributed by atoms with E-state index >= 15 is 0 Å². The van der Waals surface area contributed by atoms with E-state index in [0.29, 0.717) is 16.1 Å². The van der Waals surface area contributed by atoms with Crippen molar-refractivity contribution in [3.05, 3.63) is 128 Å². The van der Waals surface area contributed by atoms with E-state index in [1.165, 1.54) is 54.3 Å². The topological polar surface area (TPSA) is 74.6 Å². The number of halogens is 2. The quantitative estimate of drug-likeness (QED) is 0.192. The number of ketones is 1. The first-order chi connectivity index (χ1) is 18.2. The van der Waals surface area contributed by atoms with Crippen LogP contribution in [-0.2, 0) is 11.8 Å². The van der Waals surface area contributed by atoms with E-state index in [0.717, 1.165) is 11.1 Å². The second-order valence-electron chi connectivity index (χ2n) is 8.80. The fourth-order valence-electron chi connectivity index (χ4n) is 4.33. The number of hydrogen-bond donors (Lipinski definition) is 0. The number of methoxy groups -OCH3 is 1. The molecule has 6 nitrogen and oxygen atoms in total. The molecule has 38 heavy (non-hydrogen) atoms. The highest BCUT2D eigenvalue weighted by atomic mass is 35.5. The van der Waals surface area contributed by atoms with Gasteiger partial charge in [-0.25, -0.2) is 9.18 Å². The molecule has 0 saturated carbocycles. The smallest absolute Gasteiger partial charge is 0.341 e. The van der Waals surface area contributed by atoms with Gasteiger partial charge in [0.25, 0.3) is 0 Å². The van der Waals surface area contributed by atoms with Gasteiger partial charge >= 0.3 is 5.97 Å². The first kappa shape index (κ1) is 26.8. The maximum Gasteiger partial charge on any atom is 0.341 e. The monoisotopic (exact) mass is 533 g/mol. The average Bonchev–Trinajstić information content (AvgIpc) is 2.90. The third-order valence-corrected chi connectivity index (χ3v) is 6.51. The highest BCUT2D eigenvalue weighted by Gasteiger charge is 2.28. The number of carbonyl (C=O) groups is 2. The Balaban J connectivity index is 1.91. The third-order valence-electron chi connectivity index (χ3n) is 6.28. The summed E-state index contributed by atoms with van der Waals surface area (Å²) in [6, 6.07) is 18.9. The zero-order valence-corrected chi connectivity index (χ0v) is 21.8. The lowest BCUT2D eigenvalue weighted by atomic mass is 9.82. The number of aryl methyl sites for hydroxylation is 2. The zero-order valence-electron chi connectivity index (χ0n) is 21.0. The van der Waals surface area contributed by atoms with Crippen LogP contribution in [0.15, 0.2) is 83.8 Å². The van der Waals surface area contributed by atoms with Crippen molar-refractivity contribution in [2.75, 3.05) is 7.11 Å². The molecular formula is C30H25ClFNO5. The molecule has 8 heteroatoms. The molecule has 0 N–H and O–H groups in total. The second-order valence-corrected chi connectivity index (χ2v) is 9.23. The number of benzene rings is 3. The summed E-state index contributed by atoms with van der Waals surface area (Å²) in [6.07, 6.45) is 1.46. The molecule has 0 aliphatic carbocycles. The van der Waals surface area contributed by atoms with Crippen LogP contribution in [-0.4, -0.2) is 23.4 Å². The van der Waals surface area contributed by atoms with Gasteiger partial charge in [-0.15, -0.1) is 0 Å². The first-order valence-electron chi connectivity index (χ1n) is 11.8. The standard InChI is InChI=1S/C30H25ClFNO5/c1-18-15-20(31)12-13-21(18)24(16-26(34)19-11-14-28(35)33(2)17-19)22-7-6-8-23(30(36)37-3)29(22)38-27-10-5-4-9-25(27)32/h4-15,17,24H,16H2,1-3H3. The zero-order chi connectivity index (χ0) is 27.4. The van der Waals surface area contributed by atoms with Crippen LogP contribution in [0.5, 0.6) is 11.5 Å².